The highest BCUT2D eigenvalue weighted by Crippen LogP contribution is 2.41. The minimum Gasteiger partial charge on any atom is -0.252 e. The average molecular weight is 1510 g/mol. The van der Waals surface area contributed by atoms with E-state index in [9.17, 15) is 0 Å². The minimum atomic E-state index is -1.32. The highest BCUT2D eigenvalue weighted by atomic mass is 31.2. The molecule has 0 fully saturated rings. The van der Waals surface area contributed by atoms with E-state index in [1.807, 2.05) is 55.4 Å². The predicted octanol–water partition coefficient (Wildman–Crippen LogP) is 24.4. The summed E-state index contributed by atoms with van der Waals surface area (Å²) in [5.41, 5.74) is 41.5. The molecule has 7 aromatic heterocycles. The second kappa shape index (κ2) is 38.3. The van der Waals surface area contributed by atoms with Crippen molar-refractivity contribution in [3.8, 4) is 0 Å². The highest BCUT2D eigenvalue weighted by Gasteiger charge is 2.26. The van der Waals surface area contributed by atoms with E-state index in [1.165, 1.54) is 117 Å². The molecule has 107 heavy (non-hydrogen) atoms. The molecule has 0 unspecified atom stereocenters. The summed E-state index contributed by atoms with van der Waals surface area (Å²) in [5.74, 6) is 2.96. The summed E-state index contributed by atoms with van der Waals surface area (Å²) >= 11 is 0. The van der Waals surface area contributed by atoms with Gasteiger partial charge in [0.1, 0.15) is 0 Å². The Morgan fingerprint density at radius 1 is 0.234 bits per heavy atom. The molecule has 7 rings (SSSR count). The van der Waals surface area contributed by atoms with Gasteiger partial charge in [0.25, 0.3) is 0 Å². The van der Waals surface area contributed by atoms with Crippen molar-refractivity contribution >= 4 is 128 Å². The molecule has 0 bridgehead atoms. The SMILES string of the molecule is C=C(C)c1nc(P(=C)(C)C)c(C)c(C)c1C.C=C(C)c1nc(P(=C)(C)C)c(C)c(C)c1C.C=Nc1nc(C(=C)C)c(C)c(C)c1C.C=Nc1nc(C(=C)C)c(C)c(C)c1C.C=Nc1nc(C(C)(C)C)c(C)c(C)c1C.C=Nc1nc(C(C)(C)C)c(C)c(C)c1C.C=P(C)(C)c1nc(C(C)(C)C)c(C)c(C)c1C. The van der Waals surface area contributed by atoms with Gasteiger partial charge in [0.05, 0.1) is 50.5 Å². The van der Waals surface area contributed by atoms with Gasteiger partial charge in [-0.05, 0) is 379 Å². The van der Waals surface area contributed by atoms with Crippen LogP contribution < -0.4 is 16.3 Å². The van der Waals surface area contributed by atoms with Crippen molar-refractivity contribution in [2.24, 2.45) is 20.0 Å². The molecular weight excluding hydrogens is 1360 g/mol. The summed E-state index contributed by atoms with van der Waals surface area (Å²) < 4.78 is 0. The van der Waals surface area contributed by atoms with E-state index in [0.717, 1.165) is 90.3 Å². The molecule has 7 aromatic rings. The van der Waals surface area contributed by atoms with E-state index >= 15 is 0 Å². The zero-order valence-corrected chi connectivity index (χ0v) is 77.7. The van der Waals surface area contributed by atoms with Crippen LogP contribution in [0.3, 0.4) is 0 Å². The Kier molecular flexibility index (Phi) is 34.9. The van der Waals surface area contributed by atoms with Crippen LogP contribution in [-0.4, -0.2) is 121 Å². The number of rotatable bonds is 11. The van der Waals surface area contributed by atoms with Crippen molar-refractivity contribution in [1.82, 2.24) is 34.9 Å². The maximum atomic E-state index is 4.96. The van der Waals surface area contributed by atoms with Crippen LogP contribution in [0.4, 0.5) is 23.3 Å². The van der Waals surface area contributed by atoms with E-state index in [1.54, 1.807) is 0 Å². The molecule has 7 heterocycles. The van der Waals surface area contributed by atoms with Crippen LogP contribution in [0.15, 0.2) is 46.3 Å². The van der Waals surface area contributed by atoms with Gasteiger partial charge < -0.3 is 0 Å². The number of aromatic nitrogens is 7. The molecule has 0 aliphatic carbocycles. The first-order chi connectivity index (χ1) is 48.3. The second-order valence-corrected chi connectivity index (χ2v) is 45.6. The van der Waals surface area contributed by atoms with E-state index in [2.05, 4.69) is 332 Å². The molecule has 0 spiro atoms. The van der Waals surface area contributed by atoms with Crippen LogP contribution in [-0.2, 0) is 16.2 Å². The molecule has 14 heteroatoms. The van der Waals surface area contributed by atoms with E-state index < -0.39 is 20.7 Å². The molecule has 0 amide bonds. The van der Waals surface area contributed by atoms with E-state index in [4.69, 9.17) is 15.0 Å². The van der Waals surface area contributed by atoms with E-state index in [-0.39, 0.29) is 16.2 Å². The lowest BCUT2D eigenvalue weighted by atomic mass is 9.86. The normalized spacial score (nSPS) is 11.4. The van der Waals surface area contributed by atoms with Crippen molar-refractivity contribution in [2.45, 2.75) is 252 Å². The third-order valence-electron chi connectivity index (χ3n) is 20.3. The molecule has 0 atom stereocenters. The van der Waals surface area contributed by atoms with Gasteiger partial charge in [-0.3, -0.25) is 4.98 Å². The fraction of sp³-hybridized carbons (Fsp3) is 0.462. The van der Waals surface area contributed by atoms with Crippen LogP contribution >= 0.6 is 20.7 Å². The van der Waals surface area contributed by atoms with Crippen LogP contribution in [0.1, 0.15) is 247 Å². The number of aliphatic imine (C=N–C) groups is 4. The Bertz CT molecular complexity index is 4500. The highest BCUT2D eigenvalue weighted by molar-refractivity contribution is 7.80. The molecule has 0 aromatic carbocycles. The summed E-state index contributed by atoms with van der Waals surface area (Å²) in [6.45, 7) is 111. The number of allylic oxidation sites excluding steroid dienone is 4. The fourth-order valence-corrected chi connectivity index (χ4v) is 16.9. The van der Waals surface area contributed by atoms with Crippen LogP contribution in [0.2, 0.25) is 0 Å². The Morgan fingerprint density at radius 3 is 0.579 bits per heavy atom. The molecular formula is C93H142N11P3. The van der Waals surface area contributed by atoms with Gasteiger partial charge in [-0.15, -0.1) is 0 Å². The van der Waals surface area contributed by atoms with Gasteiger partial charge in [0.15, 0.2) is 23.3 Å². The van der Waals surface area contributed by atoms with Gasteiger partial charge in [0, 0.05) is 21.9 Å². The third kappa shape index (κ3) is 24.8. The predicted molar refractivity (Wildman–Crippen MR) is 497 cm³/mol. The van der Waals surface area contributed by atoms with E-state index in [0.29, 0.717) is 11.6 Å². The van der Waals surface area contributed by atoms with Crippen LogP contribution in [0.5, 0.6) is 0 Å². The summed E-state index contributed by atoms with van der Waals surface area (Å²) in [7, 11) is 0. The lowest BCUT2D eigenvalue weighted by Gasteiger charge is -2.26. The van der Waals surface area contributed by atoms with Crippen molar-refractivity contribution < 1.29 is 0 Å². The van der Waals surface area contributed by atoms with Crippen molar-refractivity contribution in [1.29, 1.82) is 0 Å². The van der Waals surface area contributed by atoms with Gasteiger partial charge >= 0.3 is 0 Å². The van der Waals surface area contributed by atoms with Crippen molar-refractivity contribution in [3.05, 3.63) is 183 Å². The van der Waals surface area contributed by atoms with Gasteiger partial charge in [-0.2, -0.15) is 0 Å². The van der Waals surface area contributed by atoms with Crippen LogP contribution in [0.25, 0.3) is 22.3 Å². The summed E-state index contributed by atoms with van der Waals surface area (Å²) in [4.78, 5) is 48.4. The first-order valence-electron chi connectivity index (χ1n) is 36.8. The largest absolute Gasteiger partial charge is 0.252 e. The number of hydrogen-bond acceptors (Lipinski definition) is 11. The number of hydrogen-bond donors (Lipinski definition) is 0. The molecule has 0 N–H and O–H groups in total. The smallest absolute Gasteiger partial charge is 0.155 e. The summed E-state index contributed by atoms with van der Waals surface area (Å²) in [6.07, 6.45) is 12.9. The first kappa shape index (κ1) is 97.6. The van der Waals surface area contributed by atoms with Gasteiger partial charge in [0.2, 0.25) is 0 Å². The summed E-state index contributed by atoms with van der Waals surface area (Å²) in [5, 5.41) is 0. The second-order valence-electron chi connectivity index (χ2n) is 34.2. The topological polar surface area (TPSA) is 140 Å². The lowest BCUT2D eigenvalue weighted by molar-refractivity contribution is 0.563. The maximum Gasteiger partial charge on any atom is 0.155 e. The Labute approximate surface area is 653 Å². The third-order valence-corrected chi connectivity index (χ3v) is 25.0. The fourth-order valence-electron chi connectivity index (χ4n) is 12.5. The Balaban J connectivity index is 0.000000625. The Hall–Kier alpha value is -7.41. The molecule has 584 valence electrons. The number of pyridine rings is 7. The standard InChI is InChI=1S/C15H26NP.2C14H22NP.2C13H20N2.2C12H16N2/c1-10-11(2)13(15(4,5)6)16-14(12(10)3)17(7,8)9;2*1-9(2)13-11(4)10(3)12(5)14(15-13)16(6,7)8;2*1-8-9(2)11(13(4,5)6)15-12(14-7)10(8)3;2*1-7(2)11-9(4)8(3)10(5)12(13-6)14-11/h7H2,1-6,8-9H3;2*1,6H2,2-5,7-8H3;2*7H2,1-6H3;2*1,6H2,2-5H3. The average Bonchev–Trinajstić information content (AvgIpc) is 0.781. The quantitative estimate of drug-likeness (QED) is 0.0928. The molecule has 0 saturated carbocycles. The molecule has 0 aliphatic rings. The minimum absolute atomic E-state index is 0.0575. The Morgan fingerprint density at radius 2 is 0.393 bits per heavy atom. The first-order valence-corrected chi connectivity index (χ1v) is 45.4. The molecule has 0 saturated heterocycles. The van der Waals surface area contributed by atoms with Crippen molar-refractivity contribution in [3.63, 3.8) is 0 Å². The lowest BCUT2D eigenvalue weighted by Crippen LogP contribution is -2.25. The zero-order chi connectivity index (χ0) is 84.3. The van der Waals surface area contributed by atoms with Gasteiger partial charge in [-0.25, -0.2) is 49.9 Å². The summed E-state index contributed by atoms with van der Waals surface area (Å²) in [6, 6.07) is 0. The molecule has 11 nitrogen and oxygen atoms in total. The molecule has 0 aliphatic heterocycles. The maximum absolute atomic E-state index is 4.96. The number of nitrogens with zero attached hydrogens (tertiary/aromatic N) is 11. The van der Waals surface area contributed by atoms with Crippen molar-refractivity contribution in [2.75, 3.05) is 40.0 Å². The van der Waals surface area contributed by atoms with Crippen LogP contribution in [0, 0.1) is 145 Å². The monoisotopic (exact) mass is 1510 g/mol. The van der Waals surface area contributed by atoms with Gasteiger partial charge in [-0.1, -0.05) is 128 Å². The zero-order valence-electron chi connectivity index (χ0n) is 75.0. The molecule has 0 radical (unpaired) electrons.